The van der Waals surface area contributed by atoms with Crippen molar-refractivity contribution >= 4 is 0 Å². The molecule has 1 unspecified atom stereocenters. The highest BCUT2D eigenvalue weighted by molar-refractivity contribution is 5.40. The van der Waals surface area contributed by atoms with Crippen LogP contribution in [0, 0.1) is 0 Å². The molecule has 0 aromatic heterocycles. The van der Waals surface area contributed by atoms with Gasteiger partial charge in [0.25, 0.3) is 0 Å². The highest BCUT2D eigenvalue weighted by Crippen LogP contribution is 2.30. The molecule has 100 valence electrons. The van der Waals surface area contributed by atoms with E-state index in [1.54, 1.807) is 7.11 Å². The molecule has 0 aliphatic heterocycles. The smallest absolute Gasteiger partial charge is 0.132 e. The minimum Gasteiger partial charge on any atom is -0.497 e. The average Bonchev–Trinajstić information content (AvgIpc) is 2.48. The molecule has 0 radical (unpaired) electrons. The van der Waals surface area contributed by atoms with Crippen molar-refractivity contribution in [3.8, 4) is 17.2 Å². The van der Waals surface area contributed by atoms with Gasteiger partial charge in [0.15, 0.2) is 0 Å². The summed E-state index contributed by atoms with van der Waals surface area (Å²) in [6, 6.07) is 15.4. The maximum atomic E-state index is 6.09. The standard InChI is InChI=1S/C16H19NO2/c1-3-15(17)14-6-4-5-7-16(14)19-13-10-8-12(18-2)9-11-13/h4-11,15H,3,17H2,1-2H3. The fourth-order valence-electron chi connectivity index (χ4n) is 1.87. The first-order valence-electron chi connectivity index (χ1n) is 6.41. The second kappa shape index (κ2) is 6.25. The molecule has 2 aromatic rings. The zero-order chi connectivity index (χ0) is 13.7. The maximum Gasteiger partial charge on any atom is 0.132 e. The topological polar surface area (TPSA) is 44.5 Å². The van der Waals surface area contributed by atoms with Crippen LogP contribution in [0.5, 0.6) is 17.2 Å². The predicted molar refractivity (Wildman–Crippen MR) is 76.7 cm³/mol. The molecular weight excluding hydrogens is 238 g/mol. The SMILES string of the molecule is CCC(N)c1ccccc1Oc1ccc(OC)cc1. The van der Waals surface area contributed by atoms with Crippen molar-refractivity contribution in [1.29, 1.82) is 0 Å². The Morgan fingerprint density at radius 2 is 1.63 bits per heavy atom. The van der Waals surface area contributed by atoms with Gasteiger partial charge in [0.2, 0.25) is 0 Å². The van der Waals surface area contributed by atoms with Crippen molar-refractivity contribution in [2.75, 3.05) is 7.11 Å². The van der Waals surface area contributed by atoms with Crippen LogP contribution in [0.3, 0.4) is 0 Å². The van der Waals surface area contributed by atoms with Crippen molar-refractivity contribution in [3.63, 3.8) is 0 Å². The van der Waals surface area contributed by atoms with Gasteiger partial charge in [0.05, 0.1) is 7.11 Å². The van der Waals surface area contributed by atoms with Crippen molar-refractivity contribution in [3.05, 3.63) is 54.1 Å². The second-order valence-electron chi connectivity index (χ2n) is 4.33. The molecule has 2 aromatic carbocycles. The summed E-state index contributed by atoms with van der Waals surface area (Å²) < 4.78 is 11.0. The third-order valence-corrected chi connectivity index (χ3v) is 3.05. The summed E-state index contributed by atoms with van der Waals surface area (Å²) in [5.74, 6) is 2.39. The van der Waals surface area contributed by atoms with Crippen molar-refractivity contribution in [2.45, 2.75) is 19.4 Å². The molecule has 0 spiro atoms. The summed E-state index contributed by atoms with van der Waals surface area (Å²) in [5, 5.41) is 0. The van der Waals surface area contributed by atoms with Crippen LogP contribution in [0.2, 0.25) is 0 Å². The summed E-state index contributed by atoms with van der Waals surface area (Å²) >= 11 is 0. The first kappa shape index (κ1) is 13.4. The Balaban J connectivity index is 2.22. The molecule has 0 bridgehead atoms. The summed E-state index contributed by atoms with van der Waals surface area (Å²) in [5.41, 5.74) is 7.12. The van der Waals surface area contributed by atoms with Crippen LogP contribution in [-0.4, -0.2) is 7.11 Å². The molecule has 2 rings (SSSR count). The quantitative estimate of drug-likeness (QED) is 0.883. The number of nitrogens with two attached hydrogens (primary N) is 1. The largest absolute Gasteiger partial charge is 0.497 e. The fourth-order valence-corrected chi connectivity index (χ4v) is 1.87. The number of hydrogen-bond acceptors (Lipinski definition) is 3. The summed E-state index contributed by atoms with van der Waals surface area (Å²) in [6.07, 6.45) is 0.878. The molecule has 0 saturated heterocycles. The van der Waals surface area contributed by atoms with Gasteiger partial charge in [-0.2, -0.15) is 0 Å². The van der Waals surface area contributed by atoms with E-state index in [9.17, 15) is 0 Å². The first-order valence-corrected chi connectivity index (χ1v) is 6.41. The maximum absolute atomic E-state index is 6.09. The molecule has 3 nitrogen and oxygen atoms in total. The van der Waals surface area contributed by atoms with Gasteiger partial charge in [0, 0.05) is 11.6 Å². The summed E-state index contributed by atoms with van der Waals surface area (Å²) in [4.78, 5) is 0. The molecule has 0 saturated carbocycles. The van der Waals surface area contributed by atoms with Gasteiger partial charge in [0.1, 0.15) is 17.2 Å². The monoisotopic (exact) mass is 257 g/mol. The van der Waals surface area contributed by atoms with Gasteiger partial charge < -0.3 is 15.2 Å². The molecule has 19 heavy (non-hydrogen) atoms. The van der Waals surface area contributed by atoms with E-state index < -0.39 is 0 Å². The van der Waals surface area contributed by atoms with Crippen LogP contribution < -0.4 is 15.2 Å². The van der Waals surface area contributed by atoms with Crippen LogP contribution in [0.1, 0.15) is 24.9 Å². The lowest BCUT2D eigenvalue weighted by Crippen LogP contribution is -2.09. The molecule has 3 heteroatoms. The van der Waals surface area contributed by atoms with Crippen LogP contribution >= 0.6 is 0 Å². The predicted octanol–water partition coefficient (Wildman–Crippen LogP) is 3.90. The number of rotatable bonds is 5. The zero-order valence-electron chi connectivity index (χ0n) is 11.3. The molecular formula is C16H19NO2. The van der Waals surface area contributed by atoms with E-state index in [-0.39, 0.29) is 6.04 Å². The van der Waals surface area contributed by atoms with Crippen molar-refractivity contribution in [1.82, 2.24) is 0 Å². The van der Waals surface area contributed by atoms with E-state index >= 15 is 0 Å². The van der Waals surface area contributed by atoms with E-state index in [4.69, 9.17) is 15.2 Å². The Kier molecular flexibility index (Phi) is 4.42. The first-order chi connectivity index (χ1) is 9.24. The van der Waals surface area contributed by atoms with E-state index in [2.05, 4.69) is 6.92 Å². The molecule has 0 fully saturated rings. The number of methoxy groups -OCH3 is 1. The summed E-state index contributed by atoms with van der Waals surface area (Å²) in [6.45, 7) is 2.06. The lowest BCUT2D eigenvalue weighted by atomic mass is 10.0. The molecule has 0 amide bonds. The van der Waals surface area contributed by atoms with Gasteiger partial charge in [-0.3, -0.25) is 0 Å². The van der Waals surface area contributed by atoms with Gasteiger partial charge in [-0.05, 0) is 36.8 Å². The average molecular weight is 257 g/mol. The Morgan fingerprint density at radius 1 is 1.00 bits per heavy atom. The normalized spacial score (nSPS) is 11.9. The third kappa shape index (κ3) is 3.26. The Morgan fingerprint density at radius 3 is 2.26 bits per heavy atom. The van der Waals surface area contributed by atoms with Crippen LogP contribution in [0.25, 0.3) is 0 Å². The van der Waals surface area contributed by atoms with Gasteiger partial charge in [-0.1, -0.05) is 25.1 Å². The highest BCUT2D eigenvalue weighted by Gasteiger charge is 2.10. The van der Waals surface area contributed by atoms with E-state index in [0.29, 0.717) is 0 Å². The van der Waals surface area contributed by atoms with Crippen molar-refractivity contribution < 1.29 is 9.47 Å². The molecule has 0 aliphatic rings. The summed E-state index contributed by atoms with van der Waals surface area (Å²) in [7, 11) is 1.64. The lowest BCUT2D eigenvalue weighted by Gasteiger charge is -2.15. The number of para-hydroxylation sites is 1. The van der Waals surface area contributed by atoms with Crippen LogP contribution in [0.15, 0.2) is 48.5 Å². The van der Waals surface area contributed by atoms with Gasteiger partial charge in [-0.15, -0.1) is 0 Å². The Hall–Kier alpha value is -2.00. The fraction of sp³-hybridized carbons (Fsp3) is 0.250. The lowest BCUT2D eigenvalue weighted by molar-refractivity contribution is 0.412. The number of benzene rings is 2. The molecule has 2 N–H and O–H groups in total. The van der Waals surface area contributed by atoms with Crippen LogP contribution in [-0.2, 0) is 0 Å². The van der Waals surface area contributed by atoms with Gasteiger partial charge >= 0.3 is 0 Å². The molecule has 0 aliphatic carbocycles. The number of ether oxygens (including phenoxy) is 2. The number of hydrogen-bond donors (Lipinski definition) is 1. The Bertz CT molecular complexity index is 523. The third-order valence-electron chi connectivity index (χ3n) is 3.05. The minimum atomic E-state index is -0.00514. The van der Waals surface area contributed by atoms with Crippen molar-refractivity contribution in [2.24, 2.45) is 5.73 Å². The van der Waals surface area contributed by atoms with E-state index in [1.807, 2.05) is 48.5 Å². The van der Waals surface area contributed by atoms with E-state index in [1.165, 1.54) is 0 Å². The minimum absolute atomic E-state index is 0.00514. The highest BCUT2D eigenvalue weighted by atomic mass is 16.5. The second-order valence-corrected chi connectivity index (χ2v) is 4.33. The molecule has 0 heterocycles. The zero-order valence-corrected chi connectivity index (χ0v) is 11.3. The van der Waals surface area contributed by atoms with Gasteiger partial charge in [-0.25, -0.2) is 0 Å². The van der Waals surface area contributed by atoms with E-state index in [0.717, 1.165) is 29.2 Å². The van der Waals surface area contributed by atoms with Crippen LogP contribution in [0.4, 0.5) is 0 Å². The molecule has 1 atom stereocenters. The Labute approximate surface area is 114 Å².